The van der Waals surface area contributed by atoms with Crippen LogP contribution in [0.5, 0.6) is 0 Å². The number of rotatable bonds is 6. The largest absolute Gasteiger partial charge is 0.416 e. The molecule has 0 aromatic heterocycles. The standard InChI is InChI=1S/C30H33F3N6O/c1-19-5-4-8-38(15-19)16-20-9-24-25(26(10-20)30(31,32)33)17-39(27(24)40)23-7-3-6-22(11-23)29(12-21(13-29)14-34)28(36)37(2)18-35/h3,6-7,9-11,18-19,21,35-36H,4-5,8,12-13,15-17H2,1-2H3/t19-,21?,29?/m0/s1. The molecule has 1 saturated carbocycles. The molecule has 2 heterocycles. The van der Waals surface area contributed by atoms with Crippen molar-refractivity contribution < 1.29 is 18.0 Å². The molecule has 210 valence electrons. The quantitative estimate of drug-likeness (QED) is 0.352. The second kappa shape index (κ2) is 10.4. The maximum Gasteiger partial charge on any atom is 0.416 e. The number of alkyl halides is 3. The topological polar surface area (TPSA) is 98.3 Å². The Bertz CT molecular complexity index is 1390. The predicted octanol–water partition coefficient (Wildman–Crippen LogP) is 5.79. The first-order valence-corrected chi connectivity index (χ1v) is 13.6. The van der Waals surface area contributed by atoms with Crippen LogP contribution in [0.15, 0.2) is 36.4 Å². The first-order chi connectivity index (χ1) is 19.0. The number of nitrogens with one attached hydrogen (secondary N) is 2. The number of hydrogen-bond donors (Lipinski definition) is 2. The van der Waals surface area contributed by atoms with Gasteiger partial charge in [0.1, 0.15) is 5.84 Å². The number of likely N-dealkylation sites (tertiary alicyclic amines) is 1. The second-order valence-corrected chi connectivity index (χ2v) is 11.5. The minimum Gasteiger partial charge on any atom is -0.324 e. The summed E-state index contributed by atoms with van der Waals surface area (Å²) >= 11 is 0. The van der Waals surface area contributed by atoms with Crippen LogP contribution in [0.4, 0.5) is 18.9 Å². The Morgan fingerprint density at radius 1 is 1.27 bits per heavy atom. The van der Waals surface area contributed by atoms with E-state index in [4.69, 9.17) is 10.8 Å². The van der Waals surface area contributed by atoms with Crippen LogP contribution in [0.25, 0.3) is 0 Å². The lowest BCUT2D eigenvalue weighted by molar-refractivity contribution is -0.138. The highest BCUT2D eigenvalue weighted by Gasteiger charge is 2.50. The van der Waals surface area contributed by atoms with Crippen LogP contribution in [0.3, 0.4) is 0 Å². The summed E-state index contributed by atoms with van der Waals surface area (Å²) in [6.07, 6.45) is -0.650. The fourth-order valence-electron chi connectivity index (χ4n) is 6.52. The first kappa shape index (κ1) is 27.8. The highest BCUT2D eigenvalue weighted by molar-refractivity contribution is 6.10. The predicted molar refractivity (Wildman–Crippen MR) is 146 cm³/mol. The number of anilines is 1. The van der Waals surface area contributed by atoms with E-state index in [1.54, 1.807) is 31.3 Å². The Morgan fingerprint density at radius 3 is 2.67 bits per heavy atom. The summed E-state index contributed by atoms with van der Waals surface area (Å²) < 4.78 is 42.7. The average Bonchev–Trinajstić information content (AvgIpc) is 3.23. The molecule has 2 fully saturated rings. The molecule has 40 heavy (non-hydrogen) atoms. The first-order valence-electron chi connectivity index (χ1n) is 13.6. The van der Waals surface area contributed by atoms with Crippen LogP contribution in [0.2, 0.25) is 0 Å². The number of amides is 1. The zero-order valence-corrected chi connectivity index (χ0v) is 22.7. The van der Waals surface area contributed by atoms with E-state index in [-0.39, 0.29) is 29.4 Å². The summed E-state index contributed by atoms with van der Waals surface area (Å²) in [4.78, 5) is 18.5. The Labute approximate surface area is 232 Å². The zero-order chi connectivity index (χ0) is 28.8. The molecule has 1 atom stereocenters. The Balaban J connectivity index is 1.48. The van der Waals surface area contributed by atoms with E-state index in [0.29, 0.717) is 42.1 Å². The Morgan fingerprint density at radius 2 is 2.02 bits per heavy atom. The SMILES string of the molecule is C[C@H]1CCCN(Cc2cc3c(c(C(F)(F)F)c2)CN(c2cccc(C4(C(=N)N(C)C=N)CC(C#N)C4)c2)C3=O)C1. The lowest BCUT2D eigenvalue weighted by atomic mass is 9.58. The van der Waals surface area contributed by atoms with E-state index in [9.17, 15) is 23.2 Å². The molecule has 10 heteroatoms. The van der Waals surface area contributed by atoms with Gasteiger partial charge in [0.15, 0.2) is 0 Å². The number of nitriles is 1. The number of amidine groups is 1. The fraction of sp³-hybridized carbons (Fsp3) is 0.467. The zero-order valence-electron chi connectivity index (χ0n) is 22.7. The third-order valence-corrected chi connectivity index (χ3v) is 8.64. The maximum absolute atomic E-state index is 14.2. The Kier molecular flexibility index (Phi) is 7.21. The smallest absolute Gasteiger partial charge is 0.324 e. The van der Waals surface area contributed by atoms with Gasteiger partial charge in [0.05, 0.1) is 29.9 Å². The van der Waals surface area contributed by atoms with E-state index in [2.05, 4.69) is 17.9 Å². The molecule has 7 nitrogen and oxygen atoms in total. The van der Waals surface area contributed by atoms with Crippen molar-refractivity contribution >= 4 is 23.8 Å². The van der Waals surface area contributed by atoms with Crippen LogP contribution < -0.4 is 4.90 Å². The van der Waals surface area contributed by atoms with Gasteiger partial charge in [0.2, 0.25) is 0 Å². The number of nitrogens with zero attached hydrogens (tertiary/aromatic N) is 4. The van der Waals surface area contributed by atoms with Gasteiger partial charge in [0, 0.05) is 37.3 Å². The van der Waals surface area contributed by atoms with Crippen molar-refractivity contribution in [2.24, 2.45) is 11.8 Å². The molecule has 1 saturated heterocycles. The highest BCUT2D eigenvalue weighted by Crippen LogP contribution is 2.50. The van der Waals surface area contributed by atoms with Crippen molar-refractivity contribution in [1.82, 2.24) is 9.80 Å². The van der Waals surface area contributed by atoms with Crippen LogP contribution >= 0.6 is 0 Å². The van der Waals surface area contributed by atoms with Crippen LogP contribution in [-0.4, -0.2) is 48.0 Å². The number of piperidine rings is 1. The molecule has 0 bridgehead atoms. The van der Waals surface area contributed by atoms with Crippen molar-refractivity contribution in [2.45, 2.75) is 57.3 Å². The maximum atomic E-state index is 14.2. The molecule has 1 aliphatic carbocycles. The molecule has 2 aromatic rings. The molecule has 0 spiro atoms. The second-order valence-electron chi connectivity index (χ2n) is 11.5. The normalized spacial score (nSPS) is 24.7. The van der Waals surface area contributed by atoms with E-state index in [1.165, 1.54) is 15.9 Å². The number of hydrogen-bond acceptors (Lipinski definition) is 5. The molecular formula is C30H33F3N6O. The summed E-state index contributed by atoms with van der Waals surface area (Å²) in [5, 5.41) is 25.7. The third-order valence-electron chi connectivity index (χ3n) is 8.64. The van der Waals surface area contributed by atoms with E-state index in [1.807, 2.05) is 6.07 Å². The number of likely N-dealkylation sites (N-methyl/N-ethyl adjacent to an activating group) is 1. The average molecular weight is 551 g/mol. The minimum atomic E-state index is -4.60. The molecule has 0 radical (unpaired) electrons. The number of carbonyl (C=O) groups is 1. The van der Waals surface area contributed by atoms with Gasteiger partial charge in [0.25, 0.3) is 5.91 Å². The number of carbonyl (C=O) groups excluding carboxylic acids is 1. The van der Waals surface area contributed by atoms with E-state index >= 15 is 0 Å². The summed E-state index contributed by atoms with van der Waals surface area (Å²) in [6, 6.07) is 12.0. The van der Waals surface area contributed by atoms with Crippen molar-refractivity contribution in [3.63, 3.8) is 0 Å². The fourth-order valence-corrected chi connectivity index (χ4v) is 6.52. The van der Waals surface area contributed by atoms with Crippen LogP contribution in [0.1, 0.15) is 65.2 Å². The molecule has 2 aliphatic heterocycles. The van der Waals surface area contributed by atoms with Gasteiger partial charge < -0.3 is 9.80 Å². The van der Waals surface area contributed by atoms with Gasteiger partial charge >= 0.3 is 6.18 Å². The van der Waals surface area contributed by atoms with Crippen molar-refractivity contribution in [2.75, 3.05) is 25.0 Å². The monoisotopic (exact) mass is 550 g/mol. The lowest BCUT2D eigenvalue weighted by Gasteiger charge is -2.47. The number of halogens is 3. The van der Waals surface area contributed by atoms with Crippen molar-refractivity contribution in [1.29, 1.82) is 16.1 Å². The van der Waals surface area contributed by atoms with Crippen molar-refractivity contribution in [3.05, 3.63) is 64.2 Å². The molecule has 3 aliphatic rings. The van der Waals surface area contributed by atoms with Gasteiger partial charge in [-0.2, -0.15) is 18.4 Å². The molecule has 1 amide bonds. The molecule has 2 aromatic carbocycles. The van der Waals surface area contributed by atoms with E-state index in [0.717, 1.165) is 32.3 Å². The van der Waals surface area contributed by atoms with Gasteiger partial charge in [-0.05, 0) is 79.1 Å². The molecule has 5 rings (SSSR count). The van der Waals surface area contributed by atoms with Gasteiger partial charge in [-0.15, -0.1) is 0 Å². The van der Waals surface area contributed by atoms with Gasteiger partial charge in [-0.25, -0.2) is 0 Å². The Hall–Kier alpha value is -3.71. The molecular weight excluding hydrogens is 517 g/mol. The van der Waals surface area contributed by atoms with Gasteiger partial charge in [-0.3, -0.25) is 20.5 Å². The molecule has 0 unspecified atom stereocenters. The lowest BCUT2D eigenvalue weighted by Crippen LogP contribution is -2.52. The number of benzene rings is 2. The molecule has 2 N–H and O–H groups in total. The summed E-state index contributed by atoms with van der Waals surface area (Å²) in [5.41, 5.74) is 0.131. The van der Waals surface area contributed by atoms with E-state index < -0.39 is 23.1 Å². The minimum absolute atomic E-state index is 0.0159. The van der Waals surface area contributed by atoms with Crippen LogP contribution in [0, 0.1) is 34.0 Å². The van der Waals surface area contributed by atoms with Gasteiger partial charge in [-0.1, -0.05) is 19.1 Å². The summed E-state index contributed by atoms with van der Waals surface area (Å²) in [5.74, 6) is -0.0669. The third kappa shape index (κ3) is 4.87. The summed E-state index contributed by atoms with van der Waals surface area (Å²) in [7, 11) is 1.60. The van der Waals surface area contributed by atoms with Crippen molar-refractivity contribution in [3.8, 4) is 6.07 Å². The van der Waals surface area contributed by atoms with Crippen LogP contribution in [-0.2, 0) is 24.7 Å². The summed E-state index contributed by atoms with van der Waals surface area (Å²) in [6.45, 7) is 3.96. The highest BCUT2D eigenvalue weighted by atomic mass is 19.4. The number of fused-ring (bicyclic) bond motifs is 1.